The molecule has 0 aliphatic carbocycles. The molecule has 0 saturated carbocycles. The Morgan fingerprint density at radius 3 is 2.56 bits per heavy atom. The number of aliphatic hydroxyl groups is 1. The van der Waals surface area contributed by atoms with Gasteiger partial charge in [-0.05, 0) is 31.4 Å². The lowest BCUT2D eigenvalue weighted by Gasteiger charge is -2.42. The average molecular weight is 349 g/mol. The van der Waals surface area contributed by atoms with Crippen molar-refractivity contribution in [3.05, 3.63) is 24.4 Å². The van der Waals surface area contributed by atoms with Crippen molar-refractivity contribution in [2.45, 2.75) is 39.3 Å². The number of aromatic nitrogens is 1. The number of hydrogen-bond acceptors (Lipinski definition) is 5. The highest BCUT2D eigenvalue weighted by molar-refractivity contribution is 5.86. The highest BCUT2D eigenvalue weighted by Crippen LogP contribution is 2.23. The summed E-state index contributed by atoms with van der Waals surface area (Å²) in [6.07, 6.45) is 0.412. The third kappa shape index (κ3) is 4.69. The molecule has 1 amide bonds. The van der Waals surface area contributed by atoms with E-state index in [0.29, 0.717) is 26.1 Å². The van der Waals surface area contributed by atoms with Crippen molar-refractivity contribution in [1.82, 2.24) is 9.88 Å². The molecule has 0 aromatic carbocycles. The molecule has 2 heterocycles. The number of anilines is 1. The second kappa shape index (κ2) is 8.29. The number of nitrogens with zero attached hydrogens (tertiary/aromatic N) is 3. The van der Waals surface area contributed by atoms with E-state index in [1.54, 1.807) is 11.1 Å². The zero-order chi connectivity index (χ0) is 18.6. The first-order valence-corrected chi connectivity index (χ1v) is 8.68. The molecule has 2 rings (SSSR count). The van der Waals surface area contributed by atoms with Crippen LogP contribution >= 0.6 is 0 Å². The molecule has 0 radical (unpaired) electrons. The lowest BCUT2D eigenvalue weighted by Crippen LogP contribution is -2.57. The second-order valence-electron chi connectivity index (χ2n) is 7.03. The van der Waals surface area contributed by atoms with E-state index in [-0.39, 0.29) is 17.9 Å². The molecule has 1 aliphatic rings. The van der Waals surface area contributed by atoms with Gasteiger partial charge in [0.25, 0.3) is 0 Å². The van der Waals surface area contributed by atoms with Gasteiger partial charge in [-0.3, -0.25) is 4.79 Å². The van der Waals surface area contributed by atoms with Gasteiger partial charge in [-0.2, -0.15) is 0 Å². The topological polar surface area (TPSA) is 94.0 Å². The maximum Gasteiger partial charge on any atom is 0.333 e. The summed E-state index contributed by atoms with van der Waals surface area (Å²) in [4.78, 5) is 32.2. The summed E-state index contributed by atoms with van der Waals surface area (Å²) in [5, 5.41) is 19.1. The van der Waals surface area contributed by atoms with Gasteiger partial charge in [-0.1, -0.05) is 19.9 Å². The largest absolute Gasteiger partial charge is 0.479 e. The van der Waals surface area contributed by atoms with E-state index in [0.717, 1.165) is 5.82 Å². The zero-order valence-corrected chi connectivity index (χ0v) is 15.0. The summed E-state index contributed by atoms with van der Waals surface area (Å²) in [7, 11) is 0. The number of carboxylic acids is 1. The molecule has 1 fully saturated rings. The van der Waals surface area contributed by atoms with Gasteiger partial charge < -0.3 is 20.0 Å². The van der Waals surface area contributed by atoms with Gasteiger partial charge >= 0.3 is 5.97 Å². The smallest absolute Gasteiger partial charge is 0.333 e. The van der Waals surface area contributed by atoms with Crippen LogP contribution in [0.2, 0.25) is 0 Å². The summed E-state index contributed by atoms with van der Waals surface area (Å²) in [5.74, 6) is -1.56. The van der Waals surface area contributed by atoms with Gasteiger partial charge in [0.15, 0.2) is 6.10 Å². The monoisotopic (exact) mass is 349 g/mol. The van der Waals surface area contributed by atoms with E-state index in [2.05, 4.69) is 9.88 Å². The minimum atomic E-state index is -1.67. The van der Waals surface area contributed by atoms with Crippen molar-refractivity contribution < 1.29 is 19.8 Å². The molecule has 7 heteroatoms. The molecule has 3 atom stereocenters. The Kier molecular flexibility index (Phi) is 6.36. The van der Waals surface area contributed by atoms with E-state index in [4.69, 9.17) is 5.11 Å². The number of carbonyl (C=O) groups is 2. The van der Waals surface area contributed by atoms with Gasteiger partial charge in [0, 0.05) is 31.9 Å². The van der Waals surface area contributed by atoms with Crippen LogP contribution in [-0.4, -0.2) is 63.8 Å². The number of amides is 1. The van der Waals surface area contributed by atoms with Crippen molar-refractivity contribution in [2.24, 2.45) is 11.8 Å². The minimum Gasteiger partial charge on any atom is -0.479 e. The zero-order valence-electron chi connectivity index (χ0n) is 15.0. The van der Waals surface area contributed by atoms with Crippen molar-refractivity contribution in [3.8, 4) is 0 Å². The Morgan fingerprint density at radius 1 is 1.32 bits per heavy atom. The Labute approximate surface area is 148 Å². The van der Waals surface area contributed by atoms with Crippen LogP contribution in [0.3, 0.4) is 0 Å². The number of aliphatic hydroxyl groups excluding tert-OH is 1. The van der Waals surface area contributed by atoms with Crippen LogP contribution in [0.4, 0.5) is 5.82 Å². The van der Waals surface area contributed by atoms with Crippen LogP contribution in [0.25, 0.3) is 0 Å². The number of carbonyl (C=O) groups excluding carboxylic acids is 1. The Balaban J connectivity index is 2.09. The van der Waals surface area contributed by atoms with Crippen LogP contribution in [0.1, 0.15) is 27.2 Å². The Bertz CT molecular complexity index is 593. The maximum absolute atomic E-state index is 12.9. The quantitative estimate of drug-likeness (QED) is 0.802. The van der Waals surface area contributed by atoms with E-state index < -0.39 is 18.0 Å². The van der Waals surface area contributed by atoms with Crippen LogP contribution < -0.4 is 4.90 Å². The van der Waals surface area contributed by atoms with E-state index >= 15 is 0 Å². The number of carboxylic acid groups (broad SMARTS) is 1. The number of pyridine rings is 1. The molecule has 2 N–H and O–H groups in total. The molecule has 7 nitrogen and oxygen atoms in total. The van der Waals surface area contributed by atoms with Crippen LogP contribution in [0.5, 0.6) is 0 Å². The Hall–Kier alpha value is -2.15. The predicted molar refractivity (Wildman–Crippen MR) is 94.2 cm³/mol. The van der Waals surface area contributed by atoms with Crippen molar-refractivity contribution >= 4 is 17.7 Å². The lowest BCUT2D eigenvalue weighted by molar-refractivity contribution is -0.158. The van der Waals surface area contributed by atoms with Crippen molar-refractivity contribution in [3.63, 3.8) is 0 Å². The van der Waals surface area contributed by atoms with Gasteiger partial charge in [0.1, 0.15) is 5.82 Å². The molecule has 1 aromatic rings. The first kappa shape index (κ1) is 19.2. The number of piperazine rings is 1. The van der Waals surface area contributed by atoms with Gasteiger partial charge in [-0.25, -0.2) is 9.78 Å². The molecular formula is C18H27N3O4. The maximum atomic E-state index is 12.9. The highest BCUT2D eigenvalue weighted by atomic mass is 16.4. The van der Waals surface area contributed by atoms with Gasteiger partial charge in [-0.15, -0.1) is 0 Å². The molecule has 25 heavy (non-hydrogen) atoms. The second-order valence-corrected chi connectivity index (χ2v) is 7.03. The molecule has 1 aromatic heterocycles. The summed E-state index contributed by atoms with van der Waals surface area (Å²) in [5.41, 5.74) is 0. The standard InChI is InChI=1S/C18H27N3O4/c1-12(2)10-14(16(22)18(24)25)17(23)21-9-8-20(11-13(21)3)15-6-4-5-7-19-15/h4-7,12-14,16,22H,8-11H2,1-3H3,(H,24,25)/t13-,14?,16?/m0/s1. The summed E-state index contributed by atoms with van der Waals surface area (Å²) in [6, 6.07) is 5.63. The van der Waals surface area contributed by atoms with Crippen molar-refractivity contribution in [1.29, 1.82) is 0 Å². The van der Waals surface area contributed by atoms with Crippen LogP contribution in [0.15, 0.2) is 24.4 Å². The normalized spacial score (nSPS) is 20.4. The SMILES string of the molecule is CC(C)CC(C(=O)N1CCN(c2ccccn2)C[C@@H]1C)C(O)C(=O)O. The summed E-state index contributed by atoms with van der Waals surface area (Å²) < 4.78 is 0. The molecule has 1 saturated heterocycles. The fourth-order valence-corrected chi connectivity index (χ4v) is 3.29. The molecule has 1 aliphatic heterocycles. The summed E-state index contributed by atoms with van der Waals surface area (Å²) in [6.45, 7) is 7.50. The Morgan fingerprint density at radius 2 is 2.04 bits per heavy atom. The van der Waals surface area contributed by atoms with Crippen LogP contribution in [0, 0.1) is 11.8 Å². The molecule has 0 spiro atoms. The van der Waals surface area contributed by atoms with Gasteiger partial charge in [0.2, 0.25) is 5.91 Å². The predicted octanol–water partition coefficient (Wildman–Crippen LogP) is 1.23. The van der Waals surface area contributed by atoms with E-state index in [1.165, 1.54) is 0 Å². The third-order valence-electron chi connectivity index (χ3n) is 4.56. The number of rotatable bonds is 6. The van der Waals surface area contributed by atoms with Gasteiger partial charge in [0.05, 0.1) is 5.92 Å². The first-order chi connectivity index (χ1) is 11.8. The highest BCUT2D eigenvalue weighted by Gasteiger charge is 2.38. The number of hydrogen-bond donors (Lipinski definition) is 2. The lowest BCUT2D eigenvalue weighted by atomic mass is 9.90. The fraction of sp³-hybridized carbons (Fsp3) is 0.611. The van der Waals surface area contributed by atoms with Crippen LogP contribution in [-0.2, 0) is 9.59 Å². The van der Waals surface area contributed by atoms with E-state index in [1.807, 2.05) is 39.0 Å². The fourth-order valence-electron chi connectivity index (χ4n) is 3.29. The average Bonchev–Trinajstić information content (AvgIpc) is 2.59. The number of aliphatic carboxylic acids is 1. The molecule has 0 bridgehead atoms. The minimum absolute atomic E-state index is 0.0843. The summed E-state index contributed by atoms with van der Waals surface area (Å²) >= 11 is 0. The third-order valence-corrected chi connectivity index (χ3v) is 4.56. The molecule has 2 unspecified atom stereocenters. The molecule has 138 valence electrons. The van der Waals surface area contributed by atoms with E-state index in [9.17, 15) is 14.7 Å². The first-order valence-electron chi connectivity index (χ1n) is 8.68. The van der Waals surface area contributed by atoms with Crippen molar-refractivity contribution in [2.75, 3.05) is 24.5 Å². The molecular weight excluding hydrogens is 322 g/mol.